The molecule has 0 bridgehead atoms. The molecule has 0 saturated heterocycles. The van der Waals surface area contributed by atoms with Gasteiger partial charge in [-0.3, -0.25) is 4.79 Å². The summed E-state index contributed by atoms with van der Waals surface area (Å²) in [7, 11) is 1.17. The van der Waals surface area contributed by atoms with Gasteiger partial charge >= 0.3 is 12.2 Å². The quantitative estimate of drug-likeness (QED) is 0.732. The van der Waals surface area contributed by atoms with Crippen molar-refractivity contribution < 1.29 is 23.9 Å². The number of nitrogens with zero attached hydrogens (tertiary/aromatic N) is 1. The first kappa shape index (κ1) is 15.5. The predicted molar refractivity (Wildman–Crippen MR) is 67.7 cm³/mol. The molecule has 0 N–H and O–H groups in total. The second kappa shape index (κ2) is 5.59. The van der Waals surface area contributed by atoms with Crippen molar-refractivity contribution in [1.29, 1.82) is 0 Å². The van der Waals surface area contributed by atoms with E-state index >= 15 is 0 Å². The van der Waals surface area contributed by atoms with E-state index in [1.807, 2.05) is 6.92 Å². The third-order valence-corrected chi connectivity index (χ3v) is 2.82. The van der Waals surface area contributed by atoms with E-state index in [-0.39, 0.29) is 11.7 Å². The molecular weight excluding hydrogens is 250 g/mol. The van der Waals surface area contributed by atoms with Crippen LogP contribution in [0.25, 0.3) is 0 Å². The van der Waals surface area contributed by atoms with E-state index in [2.05, 4.69) is 4.74 Å². The molecule has 2 amide bonds. The van der Waals surface area contributed by atoms with Crippen LogP contribution in [0.3, 0.4) is 0 Å². The largest absolute Gasteiger partial charge is 0.452 e. The Morgan fingerprint density at radius 2 is 1.84 bits per heavy atom. The number of Topliss-reactive ketones (excluding diaryl/α,β-unsaturated/α-hetero) is 1. The molecule has 0 aromatic carbocycles. The van der Waals surface area contributed by atoms with Gasteiger partial charge in [0.2, 0.25) is 0 Å². The van der Waals surface area contributed by atoms with Gasteiger partial charge in [-0.1, -0.05) is 6.92 Å². The van der Waals surface area contributed by atoms with Gasteiger partial charge in [0, 0.05) is 6.42 Å². The van der Waals surface area contributed by atoms with Crippen molar-refractivity contribution in [2.75, 3.05) is 7.11 Å². The molecule has 2 atom stereocenters. The van der Waals surface area contributed by atoms with Crippen molar-refractivity contribution in [3.8, 4) is 0 Å². The minimum absolute atomic E-state index is 0.135. The molecule has 6 nitrogen and oxygen atoms in total. The molecule has 2 unspecified atom stereocenters. The van der Waals surface area contributed by atoms with Crippen LogP contribution in [0, 0.1) is 5.92 Å². The highest BCUT2D eigenvalue weighted by Gasteiger charge is 2.42. The fraction of sp³-hybridized carbons (Fsp3) is 0.769. The third kappa shape index (κ3) is 3.94. The number of methoxy groups -OCH3 is 1. The number of ketones is 1. The normalized spacial score (nSPS) is 23.1. The first-order chi connectivity index (χ1) is 8.65. The second-order valence-corrected chi connectivity index (χ2v) is 5.85. The minimum Gasteiger partial charge on any atom is -0.452 e. The lowest BCUT2D eigenvalue weighted by atomic mass is 10.1. The zero-order valence-corrected chi connectivity index (χ0v) is 12.1. The molecule has 0 radical (unpaired) electrons. The molecule has 0 spiro atoms. The maximum atomic E-state index is 12.0. The topological polar surface area (TPSA) is 72.9 Å². The lowest BCUT2D eigenvalue weighted by molar-refractivity contribution is -0.121. The molecule has 1 rings (SSSR count). The molecule has 1 fully saturated rings. The third-order valence-electron chi connectivity index (χ3n) is 2.82. The van der Waals surface area contributed by atoms with Gasteiger partial charge in [-0.25, -0.2) is 14.5 Å². The molecule has 1 saturated carbocycles. The van der Waals surface area contributed by atoms with Gasteiger partial charge in [0.05, 0.1) is 7.11 Å². The van der Waals surface area contributed by atoms with Crippen LogP contribution >= 0.6 is 0 Å². The van der Waals surface area contributed by atoms with Gasteiger partial charge in [0.15, 0.2) is 5.78 Å². The van der Waals surface area contributed by atoms with Crippen LogP contribution in [-0.2, 0) is 14.3 Å². The molecule has 1 aliphatic carbocycles. The van der Waals surface area contributed by atoms with E-state index in [0.29, 0.717) is 12.8 Å². The van der Waals surface area contributed by atoms with Crippen LogP contribution < -0.4 is 0 Å². The van der Waals surface area contributed by atoms with E-state index in [1.54, 1.807) is 20.8 Å². The number of rotatable bonds is 1. The van der Waals surface area contributed by atoms with Gasteiger partial charge in [0.1, 0.15) is 11.6 Å². The van der Waals surface area contributed by atoms with Crippen molar-refractivity contribution in [3.05, 3.63) is 0 Å². The van der Waals surface area contributed by atoms with E-state index in [1.165, 1.54) is 7.11 Å². The van der Waals surface area contributed by atoms with E-state index in [4.69, 9.17) is 4.74 Å². The summed E-state index contributed by atoms with van der Waals surface area (Å²) in [5.74, 6) is 0.0100. The second-order valence-electron chi connectivity index (χ2n) is 5.85. The molecule has 0 aliphatic heterocycles. The first-order valence-corrected chi connectivity index (χ1v) is 6.28. The van der Waals surface area contributed by atoms with Crippen molar-refractivity contribution >= 4 is 18.0 Å². The van der Waals surface area contributed by atoms with Gasteiger partial charge in [-0.2, -0.15) is 0 Å². The molecule has 108 valence electrons. The van der Waals surface area contributed by atoms with Crippen LogP contribution in [0.1, 0.15) is 40.5 Å². The summed E-state index contributed by atoms with van der Waals surface area (Å²) in [6.45, 7) is 6.99. The Morgan fingerprint density at radius 1 is 1.26 bits per heavy atom. The summed E-state index contributed by atoms with van der Waals surface area (Å²) >= 11 is 0. The van der Waals surface area contributed by atoms with Crippen molar-refractivity contribution in [2.24, 2.45) is 5.92 Å². The maximum Gasteiger partial charge on any atom is 0.420 e. The summed E-state index contributed by atoms with van der Waals surface area (Å²) in [5.41, 5.74) is -0.739. The summed E-state index contributed by atoms with van der Waals surface area (Å²) in [5, 5.41) is 0. The van der Waals surface area contributed by atoms with Gasteiger partial charge in [-0.15, -0.1) is 0 Å². The average Bonchev–Trinajstić information content (AvgIpc) is 2.55. The maximum absolute atomic E-state index is 12.0. The van der Waals surface area contributed by atoms with Gasteiger partial charge in [-0.05, 0) is 33.1 Å². The Hall–Kier alpha value is -1.59. The van der Waals surface area contributed by atoms with Gasteiger partial charge in [0.25, 0.3) is 0 Å². The zero-order chi connectivity index (χ0) is 14.8. The minimum atomic E-state index is -0.860. The average molecular weight is 271 g/mol. The van der Waals surface area contributed by atoms with Gasteiger partial charge < -0.3 is 9.47 Å². The lowest BCUT2D eigenvalue weighted by Crippen LogP contribution is -2.48. The molecule has 0 aromatic rings. The lowest BCUT2D eigenvalue weighted by Gasteiger charge is -2.28. The van der Waals surface area contributed by atoms with Crippen molar-refractivity contribution in [1.82, 2.24) is 4.90 Å². The van der Waals surface area contributed by atoms with Crippen molar-refractivity contribution in [2.45, 2.75) is 52.2 Å². The summed E-state index contributed by atoms with van der Waals surface area (Å²) in [6, 6.07) is -0.780. The molecule has 0 aromatic heterocycles. The van der Waals surface area contributed by atoms with Crippen LogP contribution in [-0.4, -0.2) is 41.6 Å². The van der Waals surface area contributed by atoms with Crippen LogP contribution in [0.5, 0.6) is 0 Å². The highest BCUT2D eigenvalue weighted by atomic mass is 16.6. The molecule has 0 heterocycles. The highest BCUT2D eigenvalue weighted by molar-refractivity contribution is 5.97. The Kier molecular flexibility index (Phi) is 4.55. The van der Waals surface area contributed by atoms with E-state index < -0.39 is 23.8 Å². The first-order valence-electron chi connectivity index (χ1n) is 6.28. The summed E-state index contributed by atoms with van der Waals surface area (Å²) in [6.07, 6.45) is -0.887. The smallest absolute Gasteiger partial charge is 0.420 e. The molecule has 1 aliphatic rings. The summed E-state index contributed by atoms with van der Waals surface area (Å²) in [4.78, 5) is 36.4. The number of carbonyl (C=O) groups is 3. The molecule has 6 heteroatoms. The van der Waals surface area contributed by atoms with Crippen LogP contribution in [0.4, 0.5) is 9.59 Å². The predicted octanol–water partition coefficient (Wildman–Crippen LogP) is 2.36. The Balaban J connectivity index is 2.93. The molecular formula is C13H21NO5. The fourth-order valence-corrected chi connectivity index (χ4v) is 2.06. The molecule has 19 heavy (non-hydrogen) atoms. The highest BCUT2D eigenvalue weighted by Crippen LogP contribution is 2.27. The van der Waals surface area contributed by atoms with Crippen LogP contribution in [0.15, 0.2) is 0 Å². The van der Waals surface area contributed by atoms with Crippen LogP contribution in [0.2, 0.25) is 0 Å². The summed E-state index contributed by atoms with van der Waals surface area (Å²) < 4.78 is 9.73. The number of hydrogen-bond acceptors (Lipinski definition) is 5. The number of hydrogen-bond donors (Lipinski definition) is 0. The Bertz CT molecular complexity index is 385. The standard InChI is InChI=1S/C13H21NO5/c1-8-6-9(10(15)7-8)14(11(16)18-5)12(17)19-13(2,3)4/h8-9H,6-7H2,1-5H3. The van der Waals surface area contributed by atoms with Crippen molar-refractivity contribution in [3.63, 3.8) is 0 Å². The van der Waals surface area contributed by atoms with E-state index in [0.717, 1.165) is 4.90 Å². The van der Waals surface area contributed by atoms with E-state index in [9.17, 15) is 14.4 Å². The zero-order valence-electron chi connectivity index (χ0n) is 12.1. The number of imide groups is 1. The Labute approximate surface area is 113 Å². The number of ether oxygens (including phenoxy) is 2. The number of carbonyl (C=O) groups excluding carboxylic acids is 3. The Morgan fingerprint density at radius 3 is 2.21 bits per heavy atom. The monoisotopic (exact) mass is 271 g/mol. The fourth-order valence-electron chi connectivity index (χ4n) is 2.06. The number of amides is 2. The SMILES string of the molecule is COC(=O)N(C(=O)OC(C)(C)C)C1CC(C)CC1=O.